The van der Waals surface area contributed by atoms with Gasteiger partial charge >= 0.3 is 0 Å². The number of nitrogens with one attached hydrogen (secondary N) is 1. The van der Waals surface area contributed by atoms with Gasteiger partial charge in [0.05, 0.1) is 0 Å². The monoisotopic (exact) mass is 266 g/mol. The fraction of sp³-hybridized carbons (Fsp3) is 0.733. The Hall–Kier alpha value is -0.380. The van der Waals surface area contributed by atoms with E-state index in [-0.39, 0.29) is 0 Å². The van der Waals surface area contributed by atoms with Crippen LogP contribution >= 0.6 is 11.3 Å². The molecule has 0 aromatic carbocycles. The van der Waals surface area contributed by atoms with Gasteiger partial charge in [-0.2, -0.15) is 0 Å². The second-order valence-electron chi connectivity index (χ2n) is 5.71. The zero-order valence-corrected chi connectivity index (χ0v) is 13.1. The Bertz CT molecular complexity index is 380. The highest BCUT2D eigenvalue weighted by atomic mass is 32.1. The van der Waals surface area contributed by atoms with Crippen molar-refractivity contribution in [2.75, 3.05) is 13.6 Å². The number of rotatable bonds is 3. The van der Waals surface area contributed by atoms with E-state index < -0.39 is 0 Å². The number of hydrogen-bond acceptors (Lipinski definition) is 3. The predicted molar refractivity (Wildman–Crippen MR) is 80.3 cm³/mol. The number of piperidine rings is 1. The number of hydrogen-bond donors (Lipinski definition) is 1. The summed E-state index contributed by atoms with van der Waals surface area (Å²) in [5.41, 5.74) is 1.45. The van der Waals surface area contributed by atoms with Crippen LogP contribution in [0.1, 0.15) is 35.6 Å². The number of aryl methyl sites for hydroxylation is 2. The van der Waals surface area contributed by atoms with Gasteiger partial charge in [0.1, 0.15) is 0 Å². The van der Waals surface area contributed by atoms with E-state index in [0.29, 0.717) is 12.1 Å². The third-order valence-electron chi connectivity index (χ3n) is 4.65. The highest BCUT2D eigenvalue weighted by Gasteiger charge is 2.31. The average molecular weight is 266 g/mol. The van der Waals surface area contributed by atoms with E-state index in [1.165, 1.54) is 28.3 Å². The quantitative estimate of drug-likeness (QED) is 0.904. The van der Waals surface area contributed by atoms with Crippen molar-refractivity contribution in [3.8, 4) is 0 Å². The molecule has 0 spiro atoms. The van der Waals surface area contributed by atoms with Crippen LogP contribution in [0, 0.1) is 19.8 Å². The van der Waals surface area contributed by atoms with Crippen molar-refractivity contribution in [1.82, 2.24) is 10.2 Å². The molecule has 3 heteroatoms. The van der Waals surface area contributed by atoms with Crippen LogP contribution in [0.5, 0.6) is 0 Å². The van der Waals surface area contributed by atoms with E-state index in [2.05, 4.69) is 51.0 Å². The molecule has 2 rings (SSSR count). The Morgan fingerprint density at radius 1 is 1.39 bits per heavy atom. The standard InChI is InChI=1S/C15H26N2S/c1-10-8-14(18-13(10)4)9-17-7-6-15(16-5)11(2)12(17)3/h8,11-12,15-16H,6-7,9H2,1-5H3. The second-order valence-corrected chi connectivity index (χ2v) is 7.05. The molecule has 1 aliphatic heterocycles. The summed E-state index contributed by atoms with van der Waals surface area (Å²) < 4.78 is 0. The van der Waals surface area contributed by atoms with Crippen LogP contribution in [0.25, 0.3) is 0 Å². The first-order valence-electron chi connectivity index (χ1n) is 7.00. The molecular formula is C15H26N2S. The maximum atomic E-state index is 3.46. The van der Waals surface area contributed by atoms with Gasteiger partial charge in [0.25, 0.3) is 0 Å². The minimum absolute atomic E-state index is 0.666. The smallest absolute Gasteiger partial charge is 0.0331 e. The van der Waals surface area contributed by atoms with Crippen molar-refractivity contribution >= 4 is 11.3 Å². The van der Waals surface area contributed by atoms with Crippen molar-refractivity contribution in [3.63, 3.8) is 0 Å². The third kappa shape index (κ3) is 2.79. The predicted octanol–water partition coefficient (Wildman–Crippen LogP) is 3.18. The second kappa shape index (κ2) is 5.72. The Kier molecular flexibility index (Phi) is 4.46. The molecule has 2 heterocycles. The van der Waals surface area contributed by atoms with Gasteiger partial charge in [-0.3, -0.25) is 4.90 Å². The van der Waals surface area contributed by atoms with Crippen molar-refractivity contribution in [2.45, 2.75) is 52.7 Å². The van der Waals surface area contributed by atoms with E-state index in [1.54, 1.807) is 0 Å². The van der Waals surface area contributed by atoms with Crippen LogP contribution in [0.15, 0.2) is 6.07 Å². The van der Waals surface area contributed by atoms with E-state index in [4.69, 9.17) is 0 Å². The molecule has 0 bridgehead atoms. The molecule has 18 heavy (non-hydrogen) atoms. The summed E-state index contributed by atoms with van der Waals surface area (Å²) in [6.45, 7) is 11.5. The lowest BCUT2D eigenvalue weighted by Gasteiger charge is -2.42. The van der Waals surface area contributed by atoms with Crippen LogP contribution in [0.4, 0.5) is 0 Å². The van der Waals surface area contributed by atoms with Crippen molar-refractivity contribution in [3.05, 3.63) is 21.4 Å². The van der Waals surface area contributed by atoms with Crippen molar-refractivity contribution in [1.29, 1.82) is 0 Å². The molecule has 1 aliphatic rings. The molecule has 1 fully saturated rings. The molecule has 102 valence electrons. The molecule has 1 saturated heterocycles. The van der Waals surface area contributed by atoms with Gasteiger partial charge in [0.15, 0.2) is 0 Å². The van der Waals surface area contributed by atoms with Crippen molar-refractivity contribution in [2.24, 2.45) is 5.92 Å². The molecule has 0 saturated carbocycles. The lowest BCUT2D eigenvalue weighted by molar-refractivity contribution is 0.0820. The van der Waals surface area contributed by atoms with Gasteiger partial charge in [-0.25, -0.2) is 0 Å². The molecule has 3 atom stereocenters. The number of nitrogens with zero attached hydrogens (tertiary/aromatic N) is 1. The highest BCUT2D eigenvalue weighted by molar-refractivity contribution is 7.12. The van der Waals surface area contributed by atoms with Gasteiger partial charge in [-0.1, -0.05) is 6.92 Å². The Morgan fingerprint density at radius 3 is 2.67 bits per heavy atom. The molecule has 3 unspecified atom stereocenters. The molecule has 0 radical (unpaired) electrons. The van der Waals surface area contributed by atoms with Crippen molar-refractivity contribution < 1.29 is 0 Å². The van der Waals surface area contributed by atoms with Gasteiger partial charge in [0, 0.05) is 34.9 Å². The zero-order chi connectivity index (χ0) is 13.3. The topological polar surface area (TPSA) is 15.3 Å². The normalized spacial score (nSPS) is 29.7. The maximum Gasteiger partial charge on any atom is 0.0331 e. The largest absolute Gasteiger partial charge is 0.317 e. The molecule has 1 aromatic heterocycles. The first-order chi connectivity index (χ1) is 8.52. The SMILES string of the molecule is CNC1CCN(Cc2cc(C)c(C)s2)C(C)C1C. The third-order valence-corrected chi connectivity index (χ3v) is 5.78. The summed E-state index contributed by atoms with van der Waals surface area (Å²) in [5, 5.41) is 3.46. The molecular weight excluding hydrogens is 240 g/mol. The average Bonchev–Trinajstić information content (AvgIpc) is 2.65. The minimum Gasteiger partial charge on any atom is -0.317 e. The first kappa shape index (κ1) is 14.0. The van der Waals surface area contributed by atoms with Gasteiger partial charge < -0.3 is 5.32 Å². The number of thiophene rings is 1. The maximum absolute atomic E-state index is 3.46. The summed E-state index contributed by atoms with van der Waals surface area (Å²) in [7, 11) is 2.09. The molecule has 1 aromatic rings. The van der Waals surface area contributed by atoms with Crippen LogP contribution in [0.3, 0.4) is 0 Å². The highest BCUT2D eigenvalue weighted by Crippen LogP contribution is 2.28. The summed E-state index contributed by atoms with van der Waals surface area (Å²) in [4.78, 5) is 5.63. The molecule has 0 amide bonds. The van der Waals surface area contributed by atoms with E-state index in [1.807, 2.05) is 11.3 Å². The van der Waals surface area contributed by atoms with E-state index in [9.17, 15) is 0 Å². The summed E-state index contributed by atoms with van der Waals surface area (Å²) in [5.74, 6) is 0.728. The van der Waals surface area contributed by atoms with Crippen LogP contribution < -0.4 is 5.32 Å². The van der Waals surface area contributed by atoms with Gasteiger partial charge in [0.2, 0.25) is 0 Å². The fourth-order valence-corrected chi connectivity index (χ4v) is 4.08. The summed E-state index contributed by atoms with van der Waals surface area (Å²) in [6.07, 6.45) is 1.27. The lowest BCUT2D eigenvalue weighted by atomic mass is 9.87. The zero-order valence-electron chi connectivity index (χ0n) is 12.3. The van der Waals surface area contributed by atoms with Gasteiger partial charge in [-0.15, -0.1) is 11.3 Å². The van der Waals surface area contributed by atoms with E-state index in [0.717, 1.165) is 12.5 Å². The summed E-state index contributed by atoms with van der Waals surface area (Å²) in [6, 6.07) is 3.71. The summed E-state index contributed by atoms with van der Waals surface area (Å²) >= 11 is 1.96. The van der Waals surface area contributed by atoms with E-state index >= 15 is 0 Å². The fourth-order valence-electron chi connectivity index (χ4n) is 3.00. The molecule has 0 aliphatic carbocycles. The Morgan fingerprint density at radius 2 is 2.11 bits per heavy atom. The molecule has 2 nitrogen and oxygen atoms in total. The van der Waals surface area contributed by atoms with Crippen LogP contribution in [-0.2, 0) is 6.54 Å². The van der Waals surface area contributed by atoms with Crippen LogP contribution in [-0.4, -0.2) is 30.6 Å². The minimum atomic E-state index is 0.666. The Balaban J connectivity index is 2.02. The van der Waals surface area contributed by atoms with Crippen LogP contribution in [0.2, 0.25) is 0 Å². The van der Waals surface area contributed by atoms with Gasteiger partial charge in [-0.05, 0) is 51.8 Å². The first-order valence-corrected chi connectivity index (χ1v) is 7.81. The Labute approximate surface area is 115 Å². The lowest BCUT2D eigenvalue weighted by Crippen LogP contribution is -2.52. The molecule has 1 N–H and O–H groups in total. The number of likely N-dealkylation sites (tertiary alicyclic amines) is 1.